The van der Waals surface area contributed by atoms with Crippen LogP contribution >= 0.6 is 0 Å². The van der Waals surface area contributed by atoms with Crippen LogP contribution in [0, 0.1) is 0 Å². The van der Waals surface area contributed by atoms with Gasteiger partial charge in [-0.05, 0) is 12.5 Å². The van der Waals surface area contributed by atoms with E-state index in [1.807, 2.05) is 6.92 Å². The number of hydrogen-bond donors (Lipinski definition) is 2. The minimum atomic E-state index is -0.653. The van der Waals surface area contributed by atoms with Gasteiger partial charge < -0.3 is 29.5 Å². The SMILES string of the molecule is CCCC(=O)c1cc2c(cc1NC1=C(C(=O)OC)CN(CCO)C1=O)OCCO2. The minimum absolute atomic E-state index is 0.0111. The number of nitrogens with zero attached hydrogens (tertiary/aromatic N) is 1. The molecule has 0 fully saturated rings. The molecule has 0 saturated heterocycles. The van der Waals surface area contributed by atoms with Gasteiger partial charge in [0.1, 0.15) is 18.9 Å². The average Bonchev–Trinajstić information content (AvgIpc) is 3.03. The summed E-state index contributed by atoms with van der Waals surface area (Å²) in [7, 11) is 1.23. The van der Waals surface area contributed by atoms with Crippen molar-refractivity contribution in [3.63, 3.8) is 0 Å². The predicted octanol–water partition coefficient (Wildman–Crippen LogP) is 1.11. The fraction of sp³-hybridized carbons (Fsp3) is 0.450. The third kappa shape index (κ3) is 4.19. The van der Waals surface area contributed by atoms with Gasteiger partial charge in [-0.1, -0.05) is 6.92 Å². The lowest BCUT2D eigenvalue weighted by Crippen LogP contribution is -2.31. The standard InChI is InChI=1S/C20H24N2O7/c1-3-4-15(24)12-9-16-17(29-8-7-28-16)10-14(12)21-18-13(20(26)27-2)11-22(5-6-23)19(18)25/h9-10,21,23H,3-8,11H2,1-2H3. The number of anilines is 1. The van der Waals surface area contributed by atoms with Crippen LogP contribution in [0.1, 0.15) is 30.1 Å². The first kappa shape index (κ1) is 20.7. The second kappa shape index (κ2) is 8.95. The molecular formula is C20H24N2O7. The van der Waals surface area contributed by atoms with Crippen molar-refractivity contribution in [2.75, 3.05) is 45.3 Å². The molecule has 2 aliphatic rings. The Morgan fingerprint density at radius 2 is 1.93 bits per heavy atom. The number of methoxy groups -OCH3 is 1. The van der Waals surface area contributed by atoms with E-state index in [2.05, 4.69) is 5.32 Å². The molecule has 3 rings (SSSR count). The smallest absolute Gasteiger partial charge is 0.337 e. The molecule has 0 spiro atoms. The molecule has 0 radical (unpaired) electrons. The molecule has 9 nitrogen and oxygen atoms in total. The number of esters is 1. The highest BCUT2D eigenvalue weighted by Gasteiger charge is 2.35. The van der Waals surface area contributed by atoms with E-state index >= 15 is 0 Å². The Balaban J connectivity index is 2.03. The molecule has 0 saturated carbocycles. The number of β-amino-alcohol motifs (C(OH)–C–C–N with tert-alkyl or cyclic N) is 1. The van der Waals surface area contributed by atoms with Gasteiger partial charge in [0.2, 0.25) is 0 Å². The largest absolute Gasteiger partial charge is 0.486 e. The molecule has 2 aliphatic heterocycles. The maximum Gasteiger partial charge on any atom is 0.337 e. The van der Waals surface area contributed by atoms with Crippen LogP contribution in [0.4, 0.5) is 5.69 Å². The number of aliphatic hydroxyl groups is 1. The molecule has 1 amide bonds. The first-order chi connectivity index (χ1) is 14.0. The number of benzene rings is 1. The van der Waals surface area contributed by atoms with Crippen LogP contribution < -0.4 is 14.8 Å². The van der Waals surface area contributed by atoms with Crippen LogP contribution in [0.15, 0.2) is 23.4 Å². The Morgan fingerprint density at radius 1 is 1.24 bits per heavy atom. The Kier molecular flexibility index (Phi) is 6.38. The molecule has 0 aromatic heterocycles. The number of ether oxygens (including phenoxy) is 3. The molecule has 2 N–H and O–H groups in total. The highest BCUT2D eigenvalue weighted by Crippen LogP contribution is 2.37. The molecule has 29 heavy (non-hydrogen) atoms. The Labute approximate surface area is 168 Å². The zero-order valence-corrected chi connectivity index (χ0v) is 16.4. The number of fused-ring (bicyclic) bond motifs is 1. The lowest BCUT2D eigenvalue weighted by Gasteiger charge is -2.22. The summed E-state index contributed by atoms with van der Waals surface area (Å²) in [5, 5.41) is 12.1. The van der Waals surface area contributed by atoms with Crippen molar-refractivity contribution in [2.45, 2.75) is 19.8 Å². The molecule has 0 atom stereocenters. The summed E-state index contributed by atoms with van der Waals surface area (Å²) in [6, 6.07) is 3.19. The van der Waals surface area contributed by atoms with Gasteiger partial charge in [-0.15, -0.1) is 0 Å². The van der Waals surface area contributed by atoms with Gasteiger partial charge in [0, 0.05) is 24.6 Å². The molecule has 2 heterocycles. The lowest BCUT2D eigenvalue weighted by atomic mass is 10.0. The molecule has 156 valence electrons. The topological polar surface area (TPSA) is 114 Å². The molecular weight excluding hydrogens is 380 g/mol. The van der Waals surface area contributed by atoms with E-state index in [4.69, 9.17) is 14.2 Å². The first-order valence-electron chi connectivity index (χ1n) is 9.45. The monoisotopic (exact) mass is 404 g/mol. The van der Waals surface area contributed by atoms with E-state index in [1.54, 1.807) is 12.1 Å². The van der Waals surface area contributed by atoms with Crippen molar-refractivity contribution < 1.29 is 33.7 Å². The van der Waals surface area contributed by atoms with Crippen LogP contribution in [0.2, 0.25) is 0 Å². The van der Waals surface area contributed by atoms with Gasteiger partial charge in [-0.2, -0.15) is 0 Å². The number of carbonyl (C=O) groups is 3. The number of hydrogen-bond acceptors (Lipinski definition) is 8. The number of carbonyl (C=O) groups excluding carboxylic acids is 3. The van der Waals surface area contributed by atoms with Crippen LogP contribution in [0.25, 0.3) is 0 Å². The Bertz CT molecular complexity index is 863. The van der Waals surface area contributed by atoms with Crippen molar-refractivity contribution in [1.82, 2.24) is 4.90 Å². The number of ketones is 1. The fourth-order valence-corrected chi connectivity index (χ4v) is 3.27. The third-order valence-electron chi connectivity index (χ3n) is 4.67. The normalized spacial score (nSPS) is 15.6. The minimum Gasteiger partial charge on any atom is -0.486 e. The molecule has 0 aliphatic carbocycles. The van der Waals surface area contributed by atoms with Crippen molar-refractivity contribution >= 4 is 23.3 Å². The van der Waals surface area contributed by atoms with E-state index in [0.29, 0.717) is 48.8 Å². The van der Waals surface area contributed by atoms with Gasteiger partial charge in [0.25, 0.3) is 5.91 Å². The summed E-state index contributed by atoms with van der Waals surface area (Å²) in [4.78, 5) is 39.0. The number of amides is 1. The molecule has 0 unspecified atom stereocenters. The van der Waals surface area contributed by atoms with Gasteiger partial charge >= 0.3 is 5.97 Å². The molecule has 1 aromatic carbocycles. The van der Waals surface area contributed by atoms with E-state index in [-0.39, 0.29) is 36.7 Å². The van der Waals surface area contributed by atoms with Crippen LogP contribution in [-0.2, 0) is 14.3 Å². The van der Waals surface area contributed by atoms with E-state index < -0.39 is 11.9 Å². The average molecular weight is 404 g/mol. The van der Waals surface area contributed by atoms with Crippen molar-refractivity contribution in [2.24, 2.45) is 0 Å². The number of Topliss-reactive ketones (excluding diaryl/α,β-unsaturated/α-hetero) is 1. The van der Waals surface area contributed by atoms with Gasteiger partial charge in [-0.3, -0.25) is 9.59 Å². The van der Waals surface area contributed by atoms with Crippen LogP contribution in [0.3, 0.4) is 0 Å². The maximum absolute atomic E-state index is 12.8. The lowest BCUT2D eigenvalue weighted by molar-refractivity contribution is -0.136. The second-order valence-electron chi connectivity index (χ2n) is 6.64. The van der Waals surface area contributed by atoms with E-state index in [1.165, 1.54) is 12.0 Å². The summed E-state index contributed by atoms with van der Waals surface area (Å²) >= 11 is 0. The molecule has 1 aromatic rings. The molecule has 9 heteroatoms. The van der Waals surface area contributed by atoms with Crippen molar-refractivity contribution in [1.29, 1.82) is 0 Å². The second-order valence-corrected chi connectivity index (χ2v) is 6.64. The third-order valence-corrected chi connectivity index (χ3v) is 4.67. The number of aliphatic hydroxyl groups excluding tert-OH is 1. The summed E-state index contributed by atoms with van der Waals surface area (Å²) in [5.41, 5.74) is 0.854. The quantitative estimate of drug-likeness (QED) is 0.489. The summed E-state index contributed by atoms with van der Waals surface area (Å²) in [6.07, 6.45) is 0.980. The van der Waals surface area contributed by atoms with E-state index in [0.717, 1.165) is 0 Å². The van der Waals surface area contributed by atoms with Gasteiger partial charge in [-0.25, -0.2) is 4.79 Å². The highest BCUT2D eigenvalue weighted by atomic mass is 16.6. The maximum atomic E-state index is 12.8. The summed E-state index contributed by atoms with van der Waals surface area (Å²) < 4.78 is 16.0. The highest BCUT2D eigenvalue weighted by molar-refractivity contribution is 6.10. The zero-order chi connectivity index (χ0) is 21.0. The van der Waals surface area contributed by atoms with E-state index in [9.17, 15) is 19.5 Å². The molecule has 0 bridgehead atoms. The number of rotatable bonds is 8. The van der Waals surface area contributed by atoms with Gasteiger partial charge in [0.05, 0.1) is 31.5 Å². The van der Waals surface area contributed by atoms with Crippen LogP contribution in [0.5, 0.6) is 11.5 Å². The fourth-order valence-electron chi connectivity index (χ4n) is 3.27. The van der Waals surface area contributed by atoms with Gasteiger partial charge in [0.15, 0.2) is 17.3 Å². The Hall–Kier alpha value is -3.07. The van der Waals surface area contributed by atoms with Crippen molar-refractivity contribution in [3.8, 4) is 11.5 Å². The summed E-state index contributed by atoms with van der Waals surface area (Å²) in [5.74, 6) is -0.318. The first-order valence-corrected chi connectivity index (χ1v) is 9.45. The number of nitrogens with one attached hydrogen (secondary N) is 1. The zero-order valence-electron chi connectivity index (χ0n) is 16.4. The predicted molar refractivity (Wildman–Crippen MR) is 103 cm³/mol. The van der Waals surface area contributed by atoms with Crippen molar-refractivity contribution in [3.05, 3.63) is 29.0 Å². The summed E-state index contributed by atoms with van der Waals surface area (Å²) in [6.45, 7) is 2.50. The Morgan fingerprint density at radius 3 is 2.55 bits per heavy atom. The van der Waals surface area contributed by atoms with Crippen LogP contribution in [-0.4, -0.2) is 67.7 Å².